The Hall–Kier alpha value is -0.0800. The normalized spacial score (nSPS) is 11.8. The molecule has 1 aromatic carbocycles. The molecule has 90 valence electrons. The van der Waals surface area contributed by atoms with Crippen LogP contribution in [0.5, 0.6) is 0 Å². The van der Waals surface area contributed by atoms with Crippen molar-refractivity contribution in [3.63, 3.8) is 0 Å². The molecule has 0 bridgehead atoms. The fourth-order valence-corrected chi connectivity index (χ4v) is 3.01. The summed E-state index contributed by atoms with van der Waals surface area (Å²) in [6.07, 6.45) is 3.14. The lowest BCUT2D eigenvalue weighted by molar-refractivity contribution is 0.307. The van der Waals surface area contributed by atoms with Crippen LogP contribution >= 0.6 is 27.5 Å². The fraction of sp³-hybridized carbons (Fsp3) is 0.538. The molecule has 0 fully saturated rings. The van der Waals surface area contributed by atoms with E-state index in [9.17, 15) is 4.39 Å². The minimum atomic E-state index is -0.345. The summed E-state index contributed by atoms with van der Waals surface area (Å²) in [5.41, 5.74) is 1.36. The van der Waals surface area contributed by atoms with Crippen LogP contribution in [0.1, 0.15) is 32.3 Å². The molecule has 0 amide bonds. The van der Waals surface area contributed by atoms with Crippen LogP contribution in [0.25, 0.3) is 0 Å². The number of alkyl halides is 1. The lowest BCUT2D eigenvalue weighted by Gasteiger charge is -2.29. The van der Waals surface area contributed by atoms with Gasteiger partial charge in [-0.05, 0) is 42.4 Å². The highest BCUT2D eigenvalue weighted by Gasteiger charge is 2.25. The van der Waals surface area contributed by atoms with E-state index >= 15 is 0 Å². The van der Waals surface area contributed by atoms with Gasteiger partial charge in [0.15, 0.2) is 0 Å². The number of hydrogen-bond donors (Lipinski definition) is 0. The number of hydrogen-bond acceptors (Lipinski definition) is 0. The topological polar surface area (TPSA) is 0 Å². The average Bonchev–Trinajstić information content (AvgIpc) is 2.31. The summed E-state index contributed by atoms with van der Waals surface area (Å²) in [5.74, 6) is -0.345. The van der Waals surface area contributed by atoms with Gasteiger partial charge in [-0.3, -0.25) is 0 Å². The Kier molecular flexibility index (Phi) is 5.26. The first-order chi connectivity index (χ1) is 7.56. The van der Waals surface area contributed by atoms with Gasteiger partial charge in [-0.2, -0.15) is 0 Å². The second-order valence-electron chi connectivity index (χ2n) is 4.27. The summed E-state index contributed by atoms with van der Waals surface area (Å²) < 4.78 is 13.0. The molecule has 0 aliphatic heterocycles. The lowest BCUT2D eigenvalue weighted by Crippen LogP contribution is -2.23. The summed E-state index contributed by atoms with van der Waals surface area (Å²) in [6.45, 7) is 4.38. The first-order valence-corrected chi connectivity index (χ1v) is 7.06. The molecule has 1 rings (SSSR count). The monoisotopic (exact) mass is 306 g/mol. The summed E-state index contributed by atoms with van der Waals surface area (Å²) >= 11 is 9.36. The summed E-state index contributed by atoms with van der Waals surface area (Å²) in [7, 11) is 0. The van der Waals surface area contributed by atoms with E-state index in [0.717, 1.165) is 30.2 Å². The Morgan fingerprint density at radius 2 is 1.94 bits per heavy atom. The zero-order valence-corrected chi connectivity index (χ0v) is 12.0. The maximum atomic E-state index is 13.0. The standard InChI is InChI=1S/C13H17BrClF/c1-3-13(4-2,9-14)8-10-5-6-12(16)11(15)7-10/h5-7H,3-4,8-9H2,1-2H3. The summed E-state index contributed by atoms with van der Waals surface area (Å²) in [4.78, 5) is 0. The molecular weight excluding hydrogens is 290 g/mol. The number of halogens is 3. The minimum absolute atomic E-state index is 0.216. The predicted molar refractivity (Wildman–Crippen MR) is 71.9 cm³/mol. The van der Waals surface area contributed by atoms with E-state index in [0.29, 0.717) is 0 Å². The van der Waals surface area contributed by atoms with E-state index in [1.54, 1.807) is 6.07 Å². The Morgan fingerprint density at radius 3 is 2.38 bits per heavy atom. The Labute approximate surface area is 110 Å². The smallest absolute Gasteiger partial charge is 0.141 e. The van der Waals surface area contributed by atoms with E-state index in [4.69, 9.17) is 11.6 Å². The van der Waals surface area contributed by atoms with Gasteiger partial charge in [-0.15, -0.1) is 0 Å². The highest BCUT2D eigenvalue weighted by molar-refractivity contribution is 9.09. The largest absolute Gasteiger partial charge is 0.205 e. The van der Waals surface area contributed by atoms with Crippen LogP contribution in [-0.2, 0) is 6.42 Å². The van der Waals surface area contributed by atoms with Crippen LogP contribution < -0.4 is 0 Å². The van der Waals surface area contributed by atoms with Crippen LogP contribution in [0.3, 0.4) is 0 Å². The molecule has 0 saturated heterocycles. The Balaban J connectivity index is 2.89. The van der Waals surface area contributed by atoms with Crippen molar-refractivity contribution >= 4 is 27.5 Å². The molecule has 0 unspecified atom stereocenters. The van der Waals surface area contributed by atoms with Gasteiger partial charge >= 0.3 is 0 Å². The molecular formula is C13H17BrClF. The zero-order chi connectivity index (χ0) is 12.2. The molecule has 16 heavy (non-hydrogen) atoms. The second kappa shape index (κ2) is 6.02. The molecule has 0 atom stereocenters. The third kappa shape index (κ3) is 3.21. The number of rotatable bonds is 5. The van der Waals surface area contributed by atoms with Gasteiger partial charge < -0.3 is 0 Å². The lowest BCUT2D eigenvalue weighted by atomic mass is 9.79. The van der Waals surface area contributed by atoms with E-state index in [2.05, 4.69) is 29.8 Å². The van der Waals surface area contributed by atoms with Crippen molar-refractivity contribution in [2.75, 3.05) is 5.33 Å². The summed E-state index contributed by atoms with van der Waals surface area (Å²) in [6, 6.07) is 5.01. The second-order valence-corrected chi connectivity index (χ2v) is 5.23. The molecule has 0 spiro atoms. The minimum Gasteiger partial charge on any atom is -0.205 e. The molecule has 0 radical (unpaired) electrons. The van der Waals surface area contributed by atoms with Crippen molar-refractivity contribution in [1.29, 1.82) is 0 Å². The van der Waals surface area contributed by atoms with Gasteiger partial charge in [0.1, 0.15) is 5.82 Å². The molecule has 1 aromatic rings. The van der Waals surface area contributed by atoms with E-state index in [1.807, 2.05) is 6.07 Å². The molecule has 0 saturated carbocycles. The van der Waals surface area contributed by atoms with E-state index < -0.39 is 0 Å². The van der Waals surface area contributed by atoms with Gasteiger partial charge in [-0.25, -0.2) is 4.39 Å². The zero-order valence-electron chi connectivity index (χ0n) is 9.69. The number of benzene rings is 1. The fourth-order valence-electron chi connectivity index (χ4n) is 1.82. The first kappa shape index (κ1) is 14.0. The van der Waals surface area contributed by atoms with E-state index in [1.165, 1.54) is 6.07 Å². The van der Waals surface area contributed by atoms with E-state index in [-0.39, 0.29) is 16.3 Å². The molecule has 0 N–H and O–H groups in total. The van der Waals surface area contributed by atoms with Crippen molar-refractivity contribution < 1.29 is 4.39 Å². The van der Waals surface area contributed by atoms with Crippen LogP contribution in [0.15, 0.2) is 18.2 Å². The van der Waals surface area contributed by atoms with Crippen LogP contribution in [-0.4, -0.2) is 5.33 Å². The van der Waals surface area contributed by atoms with Crippen molar-refractivity contribution in [3.05, 3.63) is 34.6 Å². The summed E-state index contributed by atoms with van der Waals surface area (Å²) in [5, 5.41) is 1.18. The quantitative estimate of drug-likeness (QED) is 0.654. The van der Waals surface area contributed by atoms with Gasteiger partial charge in [0.2, 0.25) is 0 Å². The van der Waals surface area contributed by atoms with Crippen LogP contribution in [0, 0.1) is 11.2 Å². The van der Waals surface area contributed by atoms with Gasteiger partial charge in [0.05, 0.1) is 5.02 Å². The van der Waals surface area contributed by atoms with Crippen LogP contribution in [0.2, 0.25) is 5.02 Å². The first-order valence-electron chi connectivity index (χ1n) is 5.57. The van der Waals surface area contributed by atoms with Crippen molar-refractivity contribution in [2.24, 2.45) is 5.41 Å². The SMILES string of the molecule is CCC(CC)(CBr)Cc1ccc(F)c(Cl)c1. The molecule has 0 aliphatic rings. The third-order valence-corrected chi connectivity index (χ3v) is 4.83. The molecule has 0 nitrogen and oxygen atoms in total. The van der Waals surface area contributed by atoms with Gasteiger partial charge in [0.25, 0.3) is 0 Å². The maximum Gasteiger partial charge on any atom is 0.141 e. The highest BCUT2D eigenvalue weighted by atomic mass is 79.9. The highest BCUT2D eigenvalue weighted by Crippen LogP contribution is 2.33. The van der Waals surface area contributed by atoms with Crippen molar-refractivity contribution in [2.45, 2.75) is 33.1 Å². The maximum absolute atomic E-state index is 13.0. The molecule has 0 aromatic heterocycles. The molecule has 0 aliphatic carbocycles. The molecule has 3 heteroatoms. The molecule has 0 heterocycles. The van der Waals surface area contributed by atoms with Crippen molar-refractivity contribution in [1.82, 2.24) is 0 Å². The predicted octanol–water partition coefficient (Wildman–Crippen LogP) is 5.22. The van der Waals surface area contributed by atoms with Gasteiger partial charge in [-0.1, -0.05) is 47.4 Å². The Bertz CT molecular complexity index is 340. The van der Waals surface area contributed by atoms with Crippen LogP contribution in [0.4, 0.5) is 4.39 Å². The van der Waals surface area contributed by atoms with Crippen molar-refractivity contribution in [3.8, 4) is 0 Å². The van der Waals surface area contributed by atoms with Gasteiger partial charge in [0, 0.05) is 5.33 Å². The Morgan fingerprint density at radius 1 is 1.31 bits per heavy atom. The third-order valence-electron chi connectivity index (χ3n) is 3.35. The average molecular weight is 308 g/mol.